The van der Waals surface area contributed by atoms with Crippen molar-refractivity contribution in [3.63, 3.8) is 0 Å². The Labute approximate surface area is 82.3 Å². The second kappa shape index (κ2) is 13.1. The minimum absolute atomic E-state index is 0. The summed E-state index contributed by atoms with van der Waals surface area (Å²) < 4.78 is 0. The first-order valence-corrected chi connectivity index (χ1v) is 3.77. The number of nitrogens with two attached hydrogens (primary N) is 1. The van der Waals surface area contributed by atoms with Crippen molar-refractivity contribution in [2.24, 2.45) is 5.73 Å². The summed E-state index contributed by atoms with van der Waals surface area (Å²) in [6, 6.07) is 0. The topological polar surface area (TPSA) is 29.3 Å². The van der Waals surface area contributed by atoms with Gasteiger partial charge in [0.2, 0.25) is 0 Å². The fourth-order valence-electron chi connectivity index (χ4n) is 0.855. The van der Waals surface area contributed by atoms with Crippen molar-refractivity contribution in [3.05, 3.63) is 0 Å². The van der Waals surface area contributed by atoms with Gasteiger partial charge in [0.15, 0.2) is 0 Å². The number of nitrogens with zero attached hydrogens (tertiary/aromatic N) is 1. The summed E-state index contributed by atoms with van der Waals surface area (Å²) in [6.45, 7) is 8.63. The van der Waals surface area contributed by atoms with Gasteiger partial charge in [-0.25, -0.2) is 0 Å². The van der Waals surface area contributed by atoms with Crippen LogP contribution in [0.5, 0.6) is 0 Å². The van der Waals surface area contributed by atoms with E-state index in [-0.39, 0.29) is 24.8 Å². The molecule has 0 aromatic rings. The molecule has 2 nitrogen and oxygen atoms in total. The maximum atomic E-state index is 5.36. The van der Waals surface area contributed by atoms with Crippen LogP contribution in [0.3, 0.4) is 0 Å². The highest BCUT2D eigenvalue weighted by Gasteiger charge is 1.94. The second-order valence-corrected chi connectivity index (χ2v) is 2.17. The first-order chi connectivity index (χ1) is 4.35. The zero-order chi connectivity index (χ0) is 7.11. The summed E-state index contributed by atoms with van der Waals surface area (Å²) in [6.07, 6.45) is 1.13. The molecule has 0 aliphatic carbocycles. The molecule has 0 atom stereocenters. The van der Waals surface area contributed by atoms with Gasteiger partial charge in [-0.1, -0.05) is 13.8 Å². The van der Waals surface area contributed by atoms with Crippen molar-refractivity contribution in [1.82, 2.24) is 4.90 Å². The van der Waals surface area contributed by atoms with E-state index in [1.54, 1.807) is 0 Å². The molecule has 0 unspecified atom stereocenters. The minimum Gasteiger partial charge on any atom is -0.330 e. The molecule has 0 aromatic heterocycles. The van der Waals surface area contributed by atoms with Gasteiger partial charge >= 0.3 is 0 Å². The summed E-state index contributed by atoms with van der Waals surface area (Å²) in [5, 5.41) is 0. The molecule has 0 bridgehead atoms. The van der Waals surface area contributed by atoms with Crippen LogP contribution in [0.15, 0.2) is 0 Å². The Morgan fingerprint density at radius 2 is 1.55 bits per heavy atom. The van der Waals surface area contributed by atoms with Gasteiger partial charge in [0.05, 0.1) is 0 Å². The molecule has 4 heteroatoms. The summed E-state index contributed by atoms with van der Waals surface area (Å²) in [7, 11) is 0. The predicted octanol–water partition coefficient (Wildman–Crippen LogP) is 1.52. The van der Waals surface area contributed by atoms with Crippen LogP contribution in [-0.4, -0.2) is 31.1 Å². The minimum atomic E-state index is 0. The van der Waals surface area contributed by atoms with E-state index in [2.05, 4.69) is 18.7 Å². The van der Waals surface area contributed by atoms with E-state index < -0.39 is 0 Å². The Morgan fingerprint density at radius 3 is 1.82 bits per heavy atom. The molecule has 11 heavy (non-hydrogen) atoms. The third-order valence-corrected chi connectivity index (χ3v) is 1.57. The van der Waals surface area contributed by atoms with Gasteiger partial charge in [0.25, 0.3) is 0 Å². The normalized spacial score (nSPS) is 8.73. The van der Waals surface area contributed by atoms with Crippen LogP contribution < -0.4 is 5.73 Å². The van der Waals surface area contributed by atoms with E-state index in [1.165, 1.54) is 0 Å². The Hall–Kier alpha value is 0.500. The van der Waals surface area contributed by atoms with Crippen LogP contribution in [0.25, 0.3) is 0 Å². The van der Waals surface area contributed by atoms with E-state index >= 15 is 0 Å². The molecule has 72 valence electrons. The Kier molecular flexibility index (Phi) is 20.9. The lowest BCUT2D eigenvalue weighted by atomic mass is 10.4. The lowest BCUT2D eigenvalue weighted by Gasteiger charge is -2.16. The third kappa shape index (κ3) is 10.5. The van der Waals surface area contributed by atoms with Gasteiger partial charge in [-0.15, -0.1) is 24.8 Å². The van der Waals surface area contributed by atoms with Crippen LogP contribution in [0.1, 0.15) is 20.3 Å². The monoisotopic (exact) mass is 202 g/mol. The SMILES string of the molecule is CCN(CC)CCCN.Cl.Cl. The van der Waals surface area contributed by atoms with Crippen molar-refractivity contribution < 1.29 is 0 Å². The molecule has 0 spiro atoms. The maximum absolute atomic E-state index is 5.36. The fraction of sp³-hybridized carbons (Fsp3) is 1.00. The average molecular weight is 203 g/mol. The number of rotatable bonds is 5. The van der Waals surface area contributed by atoms with Crippen LogP contribution in [0.2, 0.25) is 0 Å². The standard InChI is InChI=1S/C7H18N2.2ClH/c1-3-9(4-2)7-5-6-8;;/h3-8H2,1-2H3;2*1H. The summed E-state index contributed by atoms with van der Waals surface area (Å²) in [4.78, 5) is 2.38. The maximum Gasteiger partial charge on any atom is -0.000695 e. The van der Waals surface area contributed by atoms with Gasteiger partial charge in [0.1, 0.15) is 0 Å². The second-order valence-electron chi connectivity index (χ2n) is 2.17. The van der Waals surface area contributed by atoms with Crippen molar-refractivity contribution in [1.29, 1.82) is 0 Å². The molecule has 0 rings (SSSR count). The molecule has 0 saturated carbocycles. The third-order valence-electron chi connectivity index (χ3n) is 1.57. The number of hydrogen-bond acceptors (Lipinski definition) is 2. The number of hydrogen-bond donors (Lipinski definition) is 1. The van der Waals surface area contributed by atoms with E-state index in [0.29, 0.717) is 0 Å². The molecule has 0 aliphatic rings. The Bertz CT molecular complexity index is 58.4. The van der Waals surface area contributed by atoms with Gasteiger partial charge in [0, 0.05) is 0 Å². The zero-order valence-electron chi connectivity index (χ0n) is 7.38. The lowest BCUT2D eigenvalue weighted by molar-refractivity contribution is 0.302. The predicted molar refractivity (Wildman–Crippen MR) is 56.0 cm³/mol. The van der Waals surface area contributed by atoms with Gasteiger partial charge in [-0.3, -0.25) is 0 Å². The highest BCUT2D eigenvalue weighted by atomic mass is 35.5. The van der Waals surface area contributed by atoms with E-state index in [1.807, 2.05) is 0 Å². The van der Waals surface area contributed by atoms with Gasteiger partial charge < -0.3 is 10.6 Å². The highest BCUT2D eigenvalue weighted by Crippen LogP contribution is 1.87. The molecule has 0 radical (unpaired) electrons. The van der Waals surface area contributed by atoms with Gasteiger partial charge in [-0.05, 0) is 32.6 Å². The number of halogens is 2. The van der Waals surface area contributed by atoms with Crippen LogP contribution >= 0.6 is 24.8 Å². The summed E-state index contributed by atoms with van der Waals surface area (Å²) in [5.41, 5.74) is 5.36. The first kappa shape index (κ1) is 17.5. The Balaban J connectivity index is -0.000000320. The lowest BCUT2D eigenvalue weighted by Crippen LogP contribution is -2.25. The quantitative estimate of drug-likeness (QED) is 0.734. The molecular formula is C7H20Cl2N2. The highest BCUT2D eigenvalue weighted by molar-refractivity contribution is 5.85. The first-order valence-electron chi connectivity index (χ1n) is 3.77. The zero-order valence-corrected chi connectivity index (χ0v) is 9.01. The van der Waals surface area contributed by atoms with E-state index in [0.717, 1.165) is 32.6 Å². The van der Waals surface area contributed by atoms with Crippen molar-refractivity contribution >= 4 is 24.8 Å². The largest absolute Gasteiger partial charge is 0.330 e. The Morgan fingerprint density at radius 1 is 1.09 bits per heavy atom. The van der Waals surface area contributed by atoms with Crippen molar-refractivity contribution in [2.75, 3.05) is 26.2 Å². The smallest absolute Gasteiger partial charge is 0.000695 e. The molecule has 0 aromatic carbocycles. The fourth-order valence-corrected chi connectivity index (χ4v) is 0.855. The average Bonchev–Trinajstić information content (AvgIpc) is 1.91. The summed E-state index contributed by atoms with van der Waals surface area (Å²) in [5.74, 6) is 0. The molecule has 0 amide bonds. The summed E-state index contributed by atoms with van der Waals surface area (Å²) >= 11 is 0. The van der Waals surface area contributed by atoms with Crippen LogP contribution in [0.4, 0.5) is 0 Å². The molecule has 0 saturated heterocycles. The molecule has 0 fully saturated rings. The molecular weight excluding hydrogens is 183 g/mol. The van der Waals surface area contributed by atoms with Crippen LogP contribution in [0, 0.1) is 0 Å². The van der Waals surface area contributed by atoms with Crippen molar-refractivity contribution in [3.8, 4) is 0 Å². The molecule has 2 N–H and O–H groups in total. The van der Waals surface area contributed by atoms with E-state index in [9.17, 15) is 0 Å². The van der Waals surface area contributed by atoms with Crippen molar-refractivity contribution in [2.45, 2.75) is 20.3 Å². The van der Waals surface area contributed by atoms with Gasteiger partial charge in [-0.2, -0.15) is 0 Å². The van der Waals surface area contributed by atoms with Crippen LogP contribution in [-0.2, 0) is 0 Å². The van der Waals surface area contributed by atoms with E-state index in [4.69, 9.17) is 5.73 Å². The molecule has 0 heterocycles. The molecule has 0 aliphatic heterocycles.